The fourth-order valence-corrected chi connectivity index (χ4v) is 1.67. The van der Waals surface area contributed by atoms with E-state index in [2.05, 4.69) is 30.6 Å². The minimum Gasteiger partial charge on any atom is -0.326 e. The molecule has 0 aliphatic carbocycles. The summed E-state index contributed by atoms with van der Waals surface area (Å²) in [5.74, 6) is -0.0489. The molecule has 0 aliphatic heterocycles. The lowest BCUT2D eigenvalue weighted by atomic mass is 10.3. The molecule has 0 aromatic heterocycles. The van der Waals surface area contributed by atoms with Crippen LogP contribution in [0.4, 0.5) is 5.69 Å². The van der Waals surface area contributed by atoms with Crippen LogP contribution in [-0.4, -0.2) is 16.5 Å². The third-order valence-corrected chi connectivity index (χ3v) is 2.61. The maximum atomic E-state index is 11.2. The number of hydrogen-bond donors (Lipinski definition) is 2. The van der Waals surface area contributed by atoms with Crippen molar-refractivity contribution in [1.29, 1.82) is 0 Å². The maximum Gasteiger partial charge on any atom is 0.225 e. The van der Waals surface area contributed by atoms with Gasteiger partial charge in [0.25, 0.3) is 0 Å². The van der Waals surface area contributed by atoms with E-state index in [0.717, 1.165) is 16.9 Å². The average Bonchev–Trinajstić information content (AvgIpc) is 2.28. The molecular weight excluding hydrogens is 298 g/mol. The van der Waals surface area contributed by atoms with Crippen LogP contribution in [0.15, 0.2) is 29.2 Å². The Morgan fingerprint density at radius 1 is 1.44 bits per heavy atom. The standard InChI is InChI=1S/C9H10BrNO4S/c10-6-5-9(12)11-7-1-3-8(4-2-7)16-15-14-13/h1-4,13H,5-6H2,(H,11,12). The summed E-state index contributed by atoms with van der Waals surface area (Å²) in [6, 6.07) is 6.92. The summed E-state index contributed by atoms with van der Waals surface area (Å²) in [6.45, 7) is 0. The molecule has 1 aromatic rings. The SMILES string of the molecule is O=C(CCBr)Nc1ccc(SOOO)cc1. The Labute approximate surface area is 105 Å². The Morgan fingerprint density at radius 3 is 2.69 bits per heavy atom. The first kappa shape index (κ1) is 13.5. The van der Waals surface area contributed by atoms with Crippen molar-refractivity contribution in [2.24, 2.45) is 0 Å². The van der Waals surface area contributed by atoms with Crippen LogP contribution in [0.25, 0.3) is 0 Å². The highest BCUT2D eigenvalue weighted by atomic mass is 79.9. The fourth-order valence-electron chi connectivity index (χ4n) is 0.958. The second-order valence-electron chi connectivity index (χ2n) is 2.74. The zero-order valence-electron chi connectivity index (χ0n) is 8.18. The summed E-state index contributed by atoms with van der Waals surface area (Å²) in [4.78, 5) is 12.0. The van der Waals surface area contributed by atoms with Crippen LogP contribution >= 0.6 is 28.0 Å². The van der Waals surface area contributed by atoms with Gasteiger partial charge >= 0.3 is 0 Å². The van der Waals surface area contributed by atoms with Crippen molar-refractivity contribution in [2.75, 3.05) is 10.6 Å². The predicted molar refractivity (Wildman–Crippen MR) is 64.1 cm³/mol. The summed E-state index contributed by atoms with van der Waals surface area (Å²) in [5.41, 5.74) is 0.709. The molecule has 2 N–H and O–H groups in total. The van der Waals surface area contributed by atoms with Crippen molar-refractivity contribution in [2.45, 2.75) is 11.3 Å². The van der Waals surface area contributed by atoms with E-state index in [1.165, 1.54) is 0 Å². The van der Waals surface area contributed by atoms with Gasteiger partial charge in [0, 0.05) is 22.3 Å². The van der Waals surface area contributed by atoms with Gasteiger partial charge in [-0.25, -0.2) is 5.26 Å². The molecule has 0 bridgehead atoms. The van der Waals surface area contributed by atoms with Gasteiger partial charge in [0.2, 0.25) is 5.91 Å². The first-order chi connectivity index (χ1) is 7.76. The zero-order valence-corrected chi connectivity index (χ0v) is 10.6. The molecule has 7 heteroatoms. The minimum absolute atomic E-state index is 0.0489. The van der Waals surface area contributed by atoms with Gasteiger partial charge in [0.1, 0.15) is 0 Å². The molecule has 1 aromatic carbocycles. The molecule has 0 saturated heterocycles. The van der Waals surface area contributed by atoms with Crippen molar-refractivity contribution >= 4 is 39.6 Å². The first-order valence-corrected chi connectivity index (χ1v) is 6.23. The first-order valence-electron chi connectivity index (χ1n) is 4.37. The molecule has 88 valence electrons. The number of benzene rings is 1. The van der Waals surface area contributed by atoms with Crippen molar-refractivity contribution in [3.8, 4) is 0 Å². The molecular formula is C9H10BrNO4S. The van der Waals surface area contributed by atoms with E-state index in [9.17, 15) is 4.79 Å². The van der Waals surface area contributed by atoms with Crippen LogP contribution in [-0.2, 0) is 14.2 Å². The number of anilines is 1. The third kappa shape index (κ3) is 4.95. The molecule has 0 spiro atoms. The van der Waals surface area contributed by atoms with Crippen LogP contribution in [0.2, 0.25) is 0 Å². The predicted octanol–water partition coefficient (Wildman–Crippen LogP) is 2.84. The van der Waals surface area contributed by atoms with Gasteiger partial charge in [-0.2, -0.15) is 0 Å². The molecule has 0 fully saturated rings. The molecule has 0 heterocycles. The Bertz CT molecular complexity index is 333. The second kappa shape index (κ2) is 7.64. The summed E-state index contributed by atoms with van der Waals surface area (Å²) in [6.07, 6.45) is 0.429. The number of hydrogen-bond acceptors (Lipinski definition) is 5. The van der Waals surface area contributed by atoms with Gasteiger partial charge < -0.3 is 5.32 Å². The maximum absolute atomic E-state index is 11.2. The van der Waals surface area contributed by atoms with Gasteiger partial charge in [-0.1, -0.05) is 21.0 Å². The normalized spacial score (nSPS) is 10.1. The van der Waals surface area contributed by atoms with Crippen molar-refractivity contribution in [3.05, 3.63) is 24.3 Å². The quantitative estimate of drug-likeness (QED) is 0.366. The van der Waals surface area contributed by atoms with E-state index in [4.69, 9.17) is 5.26 Å². The molecule has 0 atom stereocenters. The van der Waals surface area contributed by atoms with E-state index in [0.29, 0.717) is 17.4 Å². The number of rotatable bonds is 6. The highest BCUT2D eigenvalue weighted by Gasteiger charge is 2.01. The summed E-state index contributed by atoms with van der Waals surface area (Å²) >= 11 is 4.05. The van der Waals surface area contributed by atoms with Gasteiger partial charge in [0.15, 0.2) is 0 Å². The molecule has 0 unspecified atom stereocenters. The number of halogens is 1. The van der Waals surface area contributed by atoms with E-state index in [1.54, 1.807) is 24.3 Å². The smallest absolute Gasteiger partial charge is 0.225 e. The molecule has 1 rings (SSSR count). The number of carbonyl (C=O) groups excluding carboxylic acids is 1. The van der Waals surface area contributed by atoms with E-state index < -0.39 is 0 Å². The van der Waals surface area contributed by atoms with Crippen molar-refractivity contribution in [3.63, 3.8) is 0 Å². The summed E-state index contributed by atoms with van der Waals surface area (Å²) < 4.78 is 4.26. The van der Waals surface area contributed by atoms with Crippen LogP contribution in [0.3, 0.4) is 0 Å². The van der Waals surface area contributed by atoms with Crippen LogP contribution < -0.4 is 5.32 Å². The zero-order chi connectivity index (χ0) is 11.8. The number of amides is 1. The average molecular weight is 308 g/mol. The Hall–Kier alpha value is -0.600. The number of carbonyl (C=O) groups is 1. The number of alkyl halides is 1. The molecule has 16 heavy (non-hydrogen) atoms. The molecule has 0 radical (unpaired) electrons. The Morgan fingerprint density at radius 2 is 2.12 bits per heavy atom. The van der Waals surface area contributed by atoms with Crippen molar-refractivity contribution in [1.82, 2.24) is 0 Å². The molecule has 1 amide bonds. The van der Waals surface area contributed by atoms with Crippen LogP contribution in [0, 0.1) is 0 Å². The fraction of sp³-hybridized carbons (Fsp3) is 0.222. The largest absolute Gasteiger partial charge is 0.326 e. The monoisotopic (exact) mass is 307 g/mol. The molecule has 0 saturated carbocycles. The van der Waals surface area contributed by atoms with Crippen LogP contribution in [0.1, 0.15) is 6.42 Å². The van der Waals surface area contributed by atoms with Gasteiger partial charge in [-0.3, -0.25) is 4.79 Å². The van der Waals surface area contributed by atoms with E-state index >= 15 is 0 Å². The van der Waals surface area contributed by atoms with E-state index in [-0.39, 0.29) is 5.91 Å². The summed E-state index contributed by atoms with van der Waals surface area (Å²) in [5, 5.41) is 14.8. The Kier molecular flexibility index (Phi) is 6.43. The minimum atomic E-state index is -0.0489. The Balaban J connectivity index is 2.47. The molecule has 5 nitrogen and oxygen atoms in total. The van der Waals surface area contributed by atoms with Gasteiger partial charge in [-0.05, 0) is 24.3 Å². The molecule has 0 aliphatic rings. The van der Waals surface area contributed by atoms with Crippen molar-refractivity contribution < 1.29 is 19.4 Å². The highest BCUT2D eigenvalue weighted by molar-refractivity contribution is 9.09. The van der Waals surface area contributed by atoms with E-state index in [1.807, 2.05) is 0 Å². The topological polar surface area (TPSA) is 67.8 Å². The second-order valence-corrected chi connectivity index (χ2v) is 4.30. The highest BCUT2D eigenvalue weighted by Crippen LogP contribution is 2.21. The lowest BCUT2D eigenvalue weighted by Gasteiger charge is -2.04. The lowest BCUT2D eigenvalue weighted by molar-refractivity contribution is -0.432. The third-order valence-electron chi connectivity index (χ3n) is 1.62. The lowest BCUT2D eigenvalue weighted by Crippen LogP contribution is -2.11. The number of nitrogens with one attached hydrogen (secondary N) is 1. The van der Waals surface area contributed by atoms with Gasteiger partial charge in [0.05, 0.1) is 12.0 Å². The summed E-state index contributed by atoms with van der Waals surface area (Å²) in [7, 11) is 0. The van der Waals surface area contributed by atoms with Crippen LogP contribution in [0.5, 0.6) is 0 Å². The van der Waals surface area contributed by atoms with Gasteiger partial charge in [-0.15, -0.1) is 4.33 Å².